The third-order valence-corrected chi connectivity index (χ3v) is 7.04. The van der Waals surface area contributed by atoms with E-state index < -0.39 is 0 Å². The standard InChI is InChI=1S/C28H34N6O2/c1-20-7-5-6-10-33(20)11-12-34(23-13-24(35-3)16-25(14-23)36-4)22-8-9-26-27(15-22)31-28(18-29-26)21-17-30-32(2)19-21/h8-9,13-20H,5-7,10-12H2,1-4H3. The molecule has 36 heavy (non-hydrogen) atoms. The Morgan fingerprint density at radius 3 is 2.47 bits per heavy atom. The predicted molar refractivity (Wildman–Crippen MR) is 143 cm³/mol. The molecule has 2 aromatic carbocycles. The molecule has 5 rings (SSSR count). The SMILES string of the molecule is COc1cc(OC)cc(N(CCN2CCCCC2C)c2ccc3ncc(-c4cnn(C)c4)nc3c2)c1. The molecule has 0 bridgehead atoms. The van der Waals surface area contributed by atoms with Gasteiger partial charge in [-0.3, -0.25) is 14.6 Å². The summed E-state index contributed by atoms with van der Waals surface area (Å²) in [5.74, 6) is 1.53. The molecule has 1 fully saturated rings. The highest BCUT2D eigenvalue weighted by molar-refractivity contribution is 5.82. The van der Waals surface area contributed by atoms with Crippen molar-refractivity contribution in [3.8, 4) is 22.8 Å². The number of methoxy groups -OCH3 is 2. The first-order valence-corrected chi connectivity index (χ1v) is 12.5. The zero-order chi connectivity index (χ0) is 25.1. The molecule has 8 heteroatoms. The number of fused-ring (bicyclic) bond motifs is 1. The van der Waals surface area contributed by atoms with Crippen LogP contribution in [0.1, 0.15) is 26.2 Å². The van der Waals surface area contributed by atoms with Crippen molar-refractivity contribution in [2.24, 2.45) is 7.05 Å². The molecule has 1 unspecified atom stereocenters. The van der Waals surface area contributed by atoms with Gasteiger partial charge in [0.25, 0.3) is 0 Å². The van der Waals surface area contributed by atoms with Gasteiger partial charge in [0.1, 0.15) is 11.5 Å². The van der Waals surface area contributed by atoms with Crippen LogP contribution in [-0.4, -0.2) is 64.5 Å². The van der Waals surface area contributed by atoms with Crippen LogP contribution in [-0.2, 0) is 7.05 Å². The van der Waals surface area contributed by atoms with E-state index in [0.717, 1.165) is 64.8 Å². The minimum absolute atomic E-state index is 0.602. The number of likely N-dealkylation sites (tertiary alicyclic amines) is 1. The first-order valence-electron chi connectivity index (χ1n) is 12.5. The Bertz CT molecular complexity index is 1310. The Morgan fingerprint density at radius 1 is 0.972 bits per heavy atom. The number of anilines is 2. The van der Waals surface area contributed by atoms with E-state index in [0.29, 0.717) is 6.04 Å². The summed E-state index contributed by atoms with van der Waals surface area (Å²) < 4.78 is 12.9. The summed E-state index contributed by atoms with van der Waals surface area (Å²) in [6.45, 7) is 5.29. The Labute approximate surface area is 212 Å². The minimum Gasteiger partial charge on any atom is -0.497 e. The van der Waals surface area contributed by atoms with E-state index in [-0.39, 0.29) is 0 Å². The van der Waals surface area contributed by atoms with E-state index >= 15 is 0 Å². The van der Waals surface area contributed by atoms with Crippen LogP contribution in [0.4, 0.5) is 11.4 Å². The van der Waals surface area contributed by atoms with Crippen LogP contribution < -0.4 is 14.4 Å². The van der Waals surface area contributed by atoms with E-state index in [1.807, 2.05) is 37.8 Å². The van der Waals surface area contributed by atoms with Crippen LogP contribution in [0.3, 0.4) is 0 Å². The Kier molecular flexibility index (Phi) is 7.04. The van der Waals surface area contributed by atoms with Gasteiger partial charge in [0.2, 0.25) is 0 Å². The summed E-state index contributed by atoms with van der Waals surface area (Å²) in [5, 5.41) is 4.28. The third kappa shape index (κ3) is 5.14. The maximum Gasteiger partial charge on any atom is 0.124 e. The van der Waals surface area contributed by atoms with Gasteiger partial charge in [0, 0.05) is 67.5 Å². The first-order chi connectivity index (χ1) is 17.5. The molecule has 1 saturated heterocycles. The quantitative estimate of drug-likeness (QED) is 0.345. The highest BCUT2D eigenvalue weighted by Crippen LogP contribution is 2.34. The smallest absolute Gasteiger partial charge is 0.124 e. The summed E-state index contributed by atoms with van der Waals surface area (Å²) in [7, 11) is 5.27. The van der Waals surface area contributed by atoms with Gasteiger partial charge in [-0.15, -0.1) is 0 Å². The van der Waals surface area contributed by atoms with Crippen LogP contribution in [0.2, 0.25) is 0 Å². The molecule has 1 atom stereocenters. The minimum atomic E-state index is 0.602. The van der Waals surface area contributed by atoms with Crippen molar-refractivity contribution >= 4 is 22.4 Å². The number of piperidine rings is 1. The van der Waals surface area contributed by atoms with Gasteiger partial charge < -0.3 is 14.4 Å². The maximum atomic E-state index is 5.58. The van der Waals surface area contributed by atoms with Gasteiger partial charge in [-0.25, -0.2) is 4.98 Å². The summed E-state index contributed by atoms with van der Waals surface area (Å²) >= 11 is 0. The molecule has 4 aromatic rings. The molecule has 188 valence electrons. The lowest BCUT2D eigenvalue weighted by atomic mass is 10.0. The number of hydrogen-bond donors (Lipinski definition) is 0. The van der Waals surface area contributed by atoms with Gasteiger partial charge >= 0.3 is 0 Å². The van der Waals surface area contributed by atoms with Crippen molar-refractivity contribution in [2.75, 3.05) is 38.8 Å². The van der Waals surface area contributed by atoms with Crippen molar-refractivity contribution in [3.63, 3.8) is 0 Å². The van der Waals surface area contributed by atoms with Gasteiger partial charge in [-0.05, 0) is 44.5 Å². The summed E-state index contributed by atoms with van der Waals surface area (Å²) in [4.78, 5) is 14.5. The zero-order valence-electron chi connectivity index (χ0n) is 21.5. The topological polar surface area (TPSA) is 68.5 Å². The van der Waals surface area contributed by atoms with Crippen molar-refractivity contribution in [2.45, 2.75) is 32.2 Å². The van der Waals surface area contributed by atoms with E-state index in [1.54, 1.807) is 18.9 Å². The van der Waals surface area contributed by atoms with E-state index in [1.165, 1.54) is 19.3 Å². The number of ether oxygens (including phenoxy) is 2. The second-order valence-electron chi connectivity index (χ2n) is 9.43. The molecule has 0 saturated carbocycles. The fraction of sp³-hybridized carbons (Fsp3) is 0.393. The highest BCUT2D eigenvalue weighted by atomic mass is 16.5. The molecule has 1 aliphatic rings. The summed E-state index contributed by atoms with van der Waals surface area (Å²) in [5.41, 5.74) is 5.54. The molecule has 3 heterocycles. The lowest BCUT2D eigenvalue weighted by molar-refractivity contribution is 0.165. The molecule has 1 aliphatic heterocycles. The largest absolute Gasteiger partial charge is 0.497 e. The molecule has 0 aliphatic carbocycles. The fourth-order valence-electron chi connectivity index (χ4n) is 4.93. The molecule has 0 spiro atoms. The predicted octanol–water partition coefficient (Wildman–Crippen LogP) is 5.06. The van der Waals surface area contributed by atoms with Gasteiger partial charge in [-0.1, -0.05) is 6.42 Å². The van der Waals surface area contributed by atoms with Gasteiger partial charge in [0.05, 0.1) is 43.3 Å². The van der Waals surface area contributed by atoms with Gasteiger partial charge in [-0.2, -0.15) is 5.10 Å². The van der Waals surface area contributed by atoms with Crippen molar-refractivity contribution in [1.29, 1.82) is 0 Å². The van der Waals surface area contributed by atoms with Gasteiger partial charge in [0.15, 0.2) is 0 Å². The highest BCUT2D eigenvalue weighted by Gasteiger charge is 2.21. The first kappa shape index (κ1) is 24.1. The average molecular weight is 487 g/mol. The summed E-state index contributed by atoms with van der Waals surface area (Å²) in [6, 6.07) is 12.9. The molecule has 2 aromatic heterocycles. The number of aryl methyl sites for hydroxylation is 1. The van der Waals surface area contributed by atoms with E-state index in [2.05, 4.69) is 51.1 Å². The molecule has 0 radical (unpaired) electrons. The lowest BCUT2D eigenvalue weighted by Crippen LogP contribution is -2.41. The number of rotatable bonds is 8. The second-order valence-corrected chi connectivity index (χ2v) is 9.43. The van der Waals surface area contributed by atoms with Crippen LogP contribution in [0.25, 0.3) is 22.3 Å². The van der Waals surface area contributed by atoms with Crippen LogP contribution in [0, 0.1) is 0 Å². The molecular formula is C28H34N6O2. The van der Waals surface area contributed by atoms with Crippen LogP contribution in [0.5, 0.6) is 11.5 Å². The Balaban J connectivity index is 1.53. The number of nitrogens with zero attached hydrogens (tertiary/aromatic N) is 6. The number of aromatic nitrogens is 4. The van der Waals surface area contributed by atoms with Crippen molar-refractivity contribution in [1.82, 2.24) is 24.6 Å². The van der Waals surface area contributed by atoms with Crippen LogP contribution >= 0.6 is 0 Å². The second kappa shape index (κ2) is 10.5. The maximum absolute atomic E-state index is 5.58. The third-order valence-electron chi connectivity index (χ3n) is 7.04. The fourth-order valence-corrected chi connectivity index (χ4v) is 4.93. The molecule has 0 amide bonds. The lowest BCUT2D eigenvalue weighted by Gasteiger charge is -2.35. The van der Waals surface area contributed by atoms with Crippen molar-refractivity contribution in [3.05, 3.63) is 55.0 Å². The monoisotopic (exact) mass is 486 g/mol. The average Bonchev–Trinajstić information content (AvgIpc) is 3.35. The van der Waals surface area contributed by atoms with E-state index in [9.17, 15) is 0 Å². The van der Waals surface area contributed by atoms with Crippen LogP contribution in [0.15, 0.2) is 55.0 Å². The molecule has 0 N–H and O–H groups in total. The number of hydrogen-bond acceptors (Lipinski definition) is 7. The molecular weight excluding hydrogens is 452 g/mol. The van der Waals surface area contributed by atoms with Crippen molar-refractivity contribution < 1.29 is 9.47 Å². The summed E-state index contributed by atoms with van der Waals surface area (Å²) in [6.07, 6.45) is 9.41. The zero-order valence-corrected chi connectivity index (χ0v) is 21.5. The normalized spacial score (nSPS) is 16.3. The number of benzene rings is 2. The Morgan fingerprint density at radius 2 is 1.78 bits per heavy atom. The Hall–Kier alpha value is -3.65. The molecule has 8 nitrogen and oxygen atoms in total. The van der Waals surface area contributed by atoms with E-state index in [4.69, 9.17) is 14.5 Å².